The Balaban J connectivity index is 1.34. The van der Waals surface area contributed by atoms with Crippen LogP contribution in [0.5, 0.6) is 11.5 Å². The number of ether oxygens (including phenoxy) is 2. The lowest BCUT2D eigenvalue weighted by atomic mass is 10.2. The molecule has 32 heavy (non-hydrogen) atoms. The molecule has 0 fully saturated rings. The third-order valence-electron chi connectivity index (χ3n) is 5.44. The summed E-state index contributed by atoms with van der Waals surface area (Å²) in [5, 5.41) is 3.88. The van der Waals surface area contributed by atoms with Gasteiger partial charge in [-0.1, -0.05) is 60.3 Å². The highest BCUT2D eigenvalue weighted by Crippen LogP contribution is 2.33. The Kier molecular flexibility index (Phi) is 5.73. The van der Waals surface area contributed by atoms with Crippen LogP contribution in [0.2, 0.25) is 0 Å². The Bertz CT molecular complexity index is 1260. The number of imidazole rings is 1. The zero-order valence-electron chi connectivity index (χ0n) is 17.7. The van der Waals surface area contributed by atoms with E-state index in [9.17, 15) is 4.79 Å². The lowest BCUT2D eigenvalue weighted by Crippen LogP contribution is -2.30. The summed E-state index contributed by atoms with van der Waals surface area (Å²) in [6.45, 7) is 2.56. The first-order valence-corrected chi connectivity index (χ1v) is 11.5. The van der Waals surface area contributed by atoms with Gasteiger partial charge in [0.2, 0.25) is 12.7 Å². The molecule has 2 heterocycles. The number of rotatable bonds is 7. The van der Waals surface area contributed by atoms with Crippen LogP contribution in [0.1, 0.15) is 24.1 Å². The van der Waals surface area contributed by atoms with Crippen LogP contribution in [-0.2, 0) is 17.1 Å². The molecule has 0 saturated carbocycles. The van der Waals surface area contributed by atoms with Crippen molar-refractivity contribution in [3.63, 3.8) is 0 Å². The molecule has 1 atom stereocenters. The van der Waals surface area contributed by atoms with Gasteiger partial charge in [-0.2, -0.15) is 0 Å². The average molecular weight is 446 g/mol. The molecule has 1 aliphatic heterocycles. The third kappa shape index (κ3) is 4.16. The molecule has 0 saturated heterocycles. The summed E-state index contributed by atoms with van der Waals surface area (Å²) in [6.07, 6.45) is 0. The van der Waals surface area contributed by atoms with Crippen LogP contribution in [-0.4, -0.2) is 22.3 Å². The topological polar surface area (TPSA) is 65.4 Å². The van der Waals surface area contributed by atoms with Crippen LogP contribution in [0.25, 0.3) is 11.0 Å². The van der Waals surface area contributed by atoms with E-state index >= 15 is 0 Å². The molecule has 162 valence electrons. The minimum absolute atomic E-state index is 0.0626. The highest BCUT2D eigenvalue weighted by Gasteiger charge is 2.22. The van der Waals surface area contributed by atoms with Crippen LogP contribution in [0.3, 0.4) is 0 Å². The van der Waals surface area contributed by atoms with Gasteiger partial charge in [0, 0.05) is 12.3 Å². The van der Waals surface area contributed by atoms with Crippen molar-refractivity contribution in [3.8, 4) is 11.5 Å². The van der Waals surface area contributed by atoms with Crippen molar-refractivity contribution >= 4 is 28.7 Å². The number of para-hydroxylation sites is 2. The number of hydrogen-bond acceptors (Lipinski definition) is 5. The van der Waals surface area contributed by atoms with Gasteiger partial charge in [0.25, 0.3) is 0 Å². The van der Waals surface area contributed by atoms with Crippen molar-refractivity contribution in [1.82, 2.24) is 14.9 Å². The number of carbonyl (C=O) groups excluding carboxylic acids is 1. The number of amides is 1. The second kappa shape index (κ2) is 8.96. The fraction of sp³-hybridized carbons (Fsp3) is 0.200. The normalized spacial score (nSPS) is 13.3. The molecule has 0 unspecified atom stereocenters. The Morgan fingerprint density at radius 1 is 1.03 bits per heavy atom. The monoisotopic (exact) mass is 445 g/mol. The first kappa shape index (κ1) is 20.5. The Hall–Kier alpha value is -3.45. The van der Waals surface area contributed by atoms with Crippen LogP contribution < -0.4 is 14.8 Å². The van der Waals surface area contributed by atoms with E-state index in [4.69, 9.17) is 14.5 Å². The fourth-order valence-corrected chi connectivity index (χ4v) is 4.77. The molecule has 1 aromatic heterocycles. The van der Waals surface area contributed by atoms with Gasteiger partial charge in [0.1, 0.15) is 6.04 Å². The predicted octanol–water partition coefficient (Wildman–Crippen LogP) is 4.93. The maximum atomic E-state index is 13.1. The number of carbonyl (C=O) groups is 1. The zero-order chi connectivity index (χ0) is 21.9. The second-order valence-electron chi connectivity index (χ2n) is 7.61. The van der Waals surface area contributed by atoms with E-state index in [1.54, 1.807) is 11.8 Å². The van der Waals surface area contributed by atoms with E-state index in [0.717, 1.165) is 33.3 Å². The minimum Gasteiger partial charge on any atom is -0.454 e. The summed E-state index contributed by atoms with van der Waals surface area (Å²) in [5.41, 5.74) is 4.02. The first-order valence-electron chi connectivity index (χ1n) is 10.5. The molecule has 7 heteroatoms. The minimum atomic E-state index is -0.408. The number of nitrogens with one attached hydrogen (secondary N) is 1. The van der Waals surface area contributed by atoms with Crippen LogP contribution in [0.4, 0.5) is 0 Å². The summed E-state index contributed by atoms with van der Waals surface area (Å²) in [4.78, 5) is 17.9. The summed E-state index contributed by atoms with van der Waals surface area (Å²) in [7, 11) is 0. The van der Waals surface area contributed by atoms with Crippen molar-refractivity contribution in [2.24, 2.45) is 0 Å². The van der Waals surface area contributed by atoms with Crippen molar-refractivity contribution in [2.75, 3.05) is 6.79 Å². The maximum Gasteiger partial charge on any atom is 0.243 e. The molecule has 1 amide bonds. The molecule has 0 spiro atoms. The van der Waals surface area contributed by atoms with Gasteiger partial charge in [-0.3, -0.25) is 4.79 Å². The van der Waals surface area contributed by atoms with Crippen molar-refractivity contribution in [1.29, 1.82) is 0 Å². The molecular formula is C25H23N3O3S. The summed E-state index contributed by atoms with van der Waals surface area (Å²) < 4.78 is 12.8. The molecule has 0 radical (unpaired) electrons. The molecule has 4 aromatic rings. The number of aromatic nitrogens is 2. The molecule has 5 rings (SSSR count). The van der Waals surface area contributed by atoms with Crippen LogP contribution in [0.15, 0.2) is 78.0 Å². The Morgan fingerprint density at radius 2 is 1.81 bits per heavy atom. The van der Waals surface area contributed by atoms with E-state index in [1.807, 2.05) is 72.2 Å². The van der Waals surface area contributed by atoms with Crippen LogP contribution >= 0.6 is 11.8 Å². The zero-order valence-corrected chi connectivity index (χ0v) is 18.5. The average Bonchev–Trinajstić information content (AvgIpc) is 3.45. The van der Waals surface area contributed by atoms with Gasteiger partial charge in [-0.15, -0.1) is 0 Å². The standard InChI is InChI=1S/C25H23N3O3S/c1-17(24(29)26-14-19-11-12-22-23(13-19)31-16-30-22)28-21-10-6-5-9-20(21)27-25(28)32-15-18-7-3-2-4-8-18/h2-13,17H,14-16H2,1H3,(H,26,29)/t17-/m0/s1. The van der Waals surface area contributed by atoms with E-state index in [0.29, 0.717) is 12.3 Å². The van der Waals surface area contributed by atoms with Crippen molar-refractivity contribution in [2.45, 2.75) is 30.4 Å². The fourth-order valence-electron chi connectivity index (χ4n) is 3.73. The van der Waals surface area contributed by atoms with Gasteiger partial charge < -0.3 is 19.4 Å². The molecule has 1 N–H and O–H groups in total. The summed E-state index contributed by atoms with van der Waals surface area (Å²) >= 11 is 1.64. The first-order chi connectivity index (χ1) is 15.7. The number of thioether (sulfide) groups is 1. The Labute approximate surface area is 190 Å². The summed E-state index contributed by atoms with van der Waals surface area (Å²) in [6, 6.07) is 23.5. The Morgan fingerprint density at radius 3 is 2.69 bits per heavy atom. The van der Waals surface area contributed by atoms with Crippen LogP contribution in [0, 0.1) is 0 Å². The quantitative estimate of drug-likeness (QED) is 0.409. The number of hydrogen-bond donors (Lipinski definition) is 1. The SMILES string of the molecule is C[C@@H](C(=O)NCc1ccc2c(c1)OCO2)n1c(SCc2ccccc2)nc2ccccc21. The van der Waals surface area contributed by atoms with Gasteiger partial charge >= 0.3 is 0 Å². The largest absolute Gasteiger partial charge is 0.454 e. The molecule has 6 nitrogen and oxygen atoms in total. The van der Waals surface area contributed by atoms with Gasteiger partial charge in [0.05, 0.1) is 11.0 Å². The number of fused-ring (bicyclic) bond motifs is 2. The lowest BCUT2D eigenvalue weighted by molar-refractivity contribution is -0.124. The van der Waals surface area contributed by atoms with Crippen molar-refractivity contribution in [3.05, 3.63) is 83.9 Å². The molecule has 0 bridgehead atoms. The third-order valence-corrected chi connectivity index (χ3v) is 6.47. The smallest absolute Gasteiger partial charge is 0.243 e. The van der Waals surface area contributed by atoms with E-state index in [2.05, 4.69) is 17.4 Å². The maximum absolute atomic E-state index is 13.1. The van der Waals surface area contributed by atoms with E-state index in [1.165, 1.54) is 5.56 Å². The summed E-state index contributed by atoms with van der Waals surface area (Å²) in [5.74, 6) is 2.17. The molecule has 0 aliphatic carbocycles. The number of benzene rings is 3. The predicted molar refractivity (Wildman–Crippen MR) is 125 cm³/mol. The van der Waals surface area contributed by atoms with Gasteiger partial charge in [-0.25, -0.2) is 4.98 Å². The van der Waals surface area contributed by atoms with Crippen molar-refractivity contribution < 1.29 is 14.3 Å². The highest BCUT2D eigenvalue weighted by molar-refractivity contribution is 7.98. The number of nitrogens with zero attached hydrogens (tertiary/aromatic N) is 2. The molecule has 1 aliphatic rings. The lowest BCUT2D eigenvalue weighted by Gasteiger charge is -2.17. The van der Waals surface area contributed by atoms with Gasteiger partial charge in [0.15, 0.2) is 16.7 Å². The van der Waals surface area contributed by atoms with Gasteiger partial charge in [-0.05, 0) is 42.3 Å². The highest BCUT2D eigenvalue weighted by atomic mass is 32.2. The van der Waals surface area contributed by atoms with E-state index < -0.39 is 6.04 Å². The van der Waals surface area contributed by atoms with E-state index in [-0.39, 0.29) is 12.7 Å². The molecular weight excluding hydrogens is 422 g/mol. The molecule has 3 aromatic carbocycles. The second-order valence-corrected chi connectivity index (χ2v) is 8.55.